The second-order valence-electron chi connectivity index (χ2n) is 4.50. The third-order valence-corrected chi connectivity index (χ3v) is 4.83. The van der Waals surface area contributed by atoms with Crippen LogP contribution in [0.5, 0.6) is 5.75 Å². The lowest BCUT2D eigenvalue weighted by molar-refractivity contribution is 0.418. The molecule has 0 fully saturated rings. The third kappa shape index (κ3) is 2.31. The number of rotatable bonds is 3. The maximum absolute atomic E-state index is 12.7. The van der Waals surface area contributed by atoms with E-state index in [1.165, 1.54) is 0 Å². The smallest absolute Gasteiger partial charge is 0.419 e. The Morgan fingerprint density at radius 2 is 1.55 bits per heavy atom. The molecule has 0 aliphatic rings. The van der Waals surface area contributed by atoms with E-state index in [0.29, 0.717) is 5.75 Å². The monoisotopic (exact) mass is 281 g/mol. The second-order valence-corrected chi connectivity index (χ2v) is 6.08. The number of para-hydroxylation sites is 1. The Morgan fingerprint density at radius 3 is 2.35 bits per heavy atom. The molecule has 0 bridgehead atoms. The molecule has 0 aromatic heterocycles. The van der Waals surface area contributed by atoms with Crippen LogP contribution in [0.4, 0.5) is 0 Å². The quantitative estimate of drug-likeness (QED) is 0.685. The molecule has 0 aliphatic heterocycles. The highest BCUT2D eigenvalue weighted by atomic mass is 31.1. The summed E-state index contributed by atoms with van der Waals surface area (Å²) in [4.78, 5) is 0. The van der Waals surface area contributed by atoms with Crippen molar-refractivity contribution in [2.24, 2.45) is 0 Å². The first kappa shape index (κ1) is 12.8. The Morgan fingerprint density at radius 1 is 0.850 bits per heavy atom. The van der Waals surface area contributed by atoms with E-state index in [9.17, 15) is 4.57 Å². The van der Waals surface area contributed by atoms with Crippen molar-refractivity contribution < 1.29 is 9.30 Å². The molecular formula is C17H14O2P+. The van der Waals surface area contributed by atoms with Gasteiger partial charge in [-0.1, -0.05) is 41.0 Å². The minimum atomic E-state index is -1.65. The average Bonchev–Trinajstić information content (AvgIpc) is 2.53. The van der Waals surface area contributed by atoms with Gasteiger partial charge in [0.25, 0.3) is 0 Å². The summed E-state index contributed by atoms with van der Waals surface area (Å²) in [5.74, 6) is 0.668. The lowest BCUT2D eigenvalue weighted by Crippen LogP contribution is -2.09. The summed E-state index contributed by atoms with van der Waals surface area (Å²) in [6.07, 6.45) is 0. The van der Waals surface area contributed by atoms with Crippen LogP contribution in [0, 0.1) is 0 Å². The SMILES string of the molecule is COc1ccccc1[P+](=O)c1ccc2ccccc2c1. The number of benzene rings is 3. The van der Waals surface area contributed by atoms with Crippen molar-refractivity contribution in [2.45, 2.75) is 0 Å². The maximum Gasteiger partial charge on any atom is 0.419 e. The Labute approximate surface area is 118 Å². The maximum atomic E-state index is 12.7. The fourth-order valence-electron chi connectivity index (χ4n) is 2.24. The molecule has 0 saturated heterocycles. The lowest BCUT2D eigenvalue weighted by atomic mass is 10.1. The highest BCUT2D eigenvalue weighted by Gasteiger charge is 2.27. The molecule has 3 aromatic carbocycles. The van der Waals surface area contributed by atoms with E-state index < -0.39 is 7.80 Å². The van der Waals surface area contributed by atoms with Crippen molar-refractivity contribution in [1.82, 2.24) is 0 Å². The van der Waals surface area contributed by atoms with Crippen LogP contribution in [0.25, 0.3) is 10.8 Å². The molecule has 20 heavy (non-hydrogen) atoms. The highest BCUT2D eigenvalue weighted by Crippen LogP contribution is 2.27. The van der Waals surface area contributed by atoms with Crippen LogP contribution in [-0.4, -0.2) is 7.11 Å². The molecular weight excluding hydrogens is 267 g/mol. The Bertz CT molecular complexity index is 781. The predicted octanol–water partition coefficient (Wildman–Crippen LogP) is 3.63. The van der Waals surface area contributed by atoms with E-state index in [2.05, 4.69) is 6.07 Å². The molecule has 0 spiro atoms. The van der Waals surface area contributed by atoms with Gasteiger partial charge in [0.1, 0.15) is 0 Å². The van der Waals surface area contributed by atoms with Crippen LogP contribution < -0.4 is 15.3 Å². The molecule has 1 unspecified atom stereocenters. The van der Waals surface area contributed by atoms with E-state index in [-0.39, 0.29) is 0 Å². The number of ether oxygens (including phenoxy) is 1. The molecule has 0 heterocycles. The van der Waals surface area contributed by atoms with Crippen molar-refractivity contribution in [3.63, 3.8) is 0 Å². The molecule has 0 saturated carbocycles. The van der Waals surface area contributed by atoms with E-state index >= 15 is 0 Å². The number of fused-ring (bicyclic) bond motifs is 1. The van der Waals surface area contributed by atoms with Crippen molar-refractivity contribution in [1.29, 1.82) is 0 Å². The molecule has 3 aromatic rings. The van der Waals surface area contributed by atoms with E-state index in [1.54, 1.807) is 7.11 Å². The van der Waals surface area contributed by atoms with Crippen molar-refractivity contribution in [3.05, 3.63) is 66.7 Å². The fourth-order valence-corrected chi connectivity index (χ4v) is 3.57. The normalized spacial score (nSPS) is 11.3. The van der Waals surface area contributed by atoms with Gasteiger partial charge in [-0.05, 0) is 41.1 Å². The molecule has 2 nitrogen and oxygen atoms in total. The van der Waals surface area contributed by atoms with Crippen LogP contribution in [0.1, 0.15) is 0 Å². The summed E-state index contributed by atoms with van der Waals surface area (Å²) in [7, 11) is -0.0460. The summed E-state index contributed by atoms with van der Waals surface area (Å²) in [6, 6.07) is 21.4. The zero-order chi connectivity index (χ0) is 13.9. The minimum absolute atomic E-state index is 0.668. The Kier molecular flexibility index (Phi) is 3.49. The lowest BCUT2D eigenvalue weighted by Gasteiger charge is -2.00. The average molecular weight is 281 g/mol. The first-order valence-corrected chi connectivity index (χ1v) is 7.64. The van der Waals surface area contributed by atoms with Crippen LogP contribution in [0.2, 0.25) is 0 Å². The zero-order valence-corrected chi connectivity index (χ0v) is 12.0. The second kappa shape index (κ2) is 5.44. The molecule has 0 aliphatic carbocycles. The summed E-state index contributed by atoms with van der Waals surface area (Å²) in [5.41, 5.74) is 0. The summed E-state index contributed by atoms with van der Waals surface area (Å²) in [5, 5.41) is 3.81. The number of hydrogen-bond donors (Lipinski definition) is 0. The summed E-state index contributed by atoms with van der Waals surface area (Å²) < 4.78 is 18.0. The van der Waals surface area contributed by atoms with Crippen LogP contribution in [-0.2, 0) is 4.57 Å². The van der Waals surface area contributed by atoms with Crippen molar-refractivity contribution in [3.8, 4) is 5.75 Å². The minimum Gasteiger partial charge on any atom is -0.492 e. The fraction of sp³-hybridized carbons (Fsp3) is 0.0588. The van der Waals surface area contributed by atoms with Gasteiger partial charge in [-0.2, -0.15) is 0 Å². The molecule has 98 valence electrons. The van der Waals surface area contributed by atoms with Crippen LogP contribution >= 0.6 is 7.80 Å². The molecule has 0 N–H and O–H groups in total. The van der Waals surface area contributed by atoms with Gasteiger partial charge >= 0.3 is 7.80 Å². The van der Waals surface area contributed by atoms with Gasteiger partial charge < -0.3 is 4.74 Å². The largest absolute Gasteiger partial charge is 0.492 e. The van der Waals surface area contributed by atoms with Gasteiger partial charge in [0, 0.05) is 0 Å². The zero-order valence-electron chi connectivity index (χ0n) is 11.1. The van der Waals surface area contributed by atoms with Crippen molar-refractivity contribution in [2.75, 3.05) is 7.11 Å². The number of hydrogen-bond acceptors (Lipinski definition) is 2. The standard InChI is InChI=1S/C17H14O2P/c1-19-16-8-4-5-9-17(16)20(18)15-11-10-13-6-2-3-7-14(13)12-15/h2-12H,1H3/q+1. The Balaban J connectivity index is 2.08. The van der Waals surface area contributed by atoms with Crippen molar-refractivity contribution >= 4 is 29.2 Å². The molecule has 0 radical (unpaired) electrons. The van der Waals surface area contributed by atoms with Gasteiger partial charge in [-0.25, -0.2) is 0 Å². The highest BCUT2D eigenvalue weighted by molar-refractivity contribution is 7.61. The number of methoxy groups -OCH3 is 1. The topological polar surface area (TPSA) is 26.3 Å². The predicted molar refractivity (Wildman–Crippen MR) is 83.8 cm³/mol. The molecule has 1 atom stereocenters. The van der Waals surface area contributed by atoms with Gasteiger partial charge in [-0.15, -0.1) is 0 Å². The van der Waals surface area contributed by atoms with Gasteiger partial charge in [0.15, 0.2) is 11.1 Å². The van der Waals surface area contributed by atoms with E-state index in [0.717, 1.165) is 21.4 Å². The molecule has 3 heteroatoms. The Hall–Kier alpha value is -2.18. The molecule has 3 rings (SSSR count). The van der Waals surface area contributed by atoms with Gasteiger partial charge in [0.05, 0.1) is 7.11 Å². The van der Waals surface area contributed by atoms with Gasteiger partial charge in [-0.3, -0.25) is 0 Å². The summed E-state index contributed by atoms with van der Waals surface area (Å²) in [6.45, 7) is 0. The van der Waals surface area contributed by atoms with E-state index in [4.69, 9.17) is 4.74 Å². The third-order valence-electron chi connectivity index (χ3n) is 3.27. The van der Waals surface area contributed by atoms with Crippen LogP contribution in [0.3, 0.4) is 0 Å². The molecule has 0 amide bonds. The van der Waals surface area contributed by atoms with E-state index in [1.807, 2.05) is 60.7 Å². The summed E-state index contributed by atoms with van der Waals surface area (Å²) >= 11 is 0. The first-order valence-electron chi connectivity index (χ1n) is 6.38. The van der Waals surface area contributed by atoms with Crippen LogP contribution in [0.15, 0.2) is 66.7 Å². The first-order chi connectivity index (χ1) is 9.79. The van der Waals surface area contributed by atoms with Gasteiger partial charge in [0.2, 0.25) is 5.30 Å².